The van der Waals surface area contributed by atoms with Gasteiger partial charge in [0, 0.05) is 0 Å². The normalized spacial score (nSPS) is 23.0. The fourth-order valence-corrected chi connectivity index (χ4v) is 6.17. The van der Waals surface area contributed by atoms with Crippen molar-refractivity contribution in [2.45, 2.75) is 105 Å². The van der Waals surface area contributed by atoms with Crippen LogP contribution in [0.15, 0.2) is 35.5 Å². The Morgan fingerprint density at radius 2 is 0.935 bits per heavy atom. The van der Waals surface area contributed by atoms with Gasteiger partial charge in [0.05, 0.1) is 0 Å². The first kappa shape index (κ1) is 31.4. The van der Waals surface area contributed by atoms with Crippen LogP contribution in [-0.4, -0.2) is 0 Å². The topological polar surface area (TPSA) is 0 Å². The van der Waals surface area contributed by atoms with Gasteiger partial charge in [0.1, 0.15) is 0 Å². The summed E-state index contributed by atoms with van der Waals surface area (Å²) in [4.78, 5) is 0. The zero-order valence-electron chi connectivity index (χ0n) is 20.3. The number of hydrogen-bond acceptors (Lipinski definition) is 0. The second-order valence-electron chi connectivity index (χ2n) is 10.1. The molecule has 4 aliphatic carbocycles. The fraction of sp³-hybridized carbons (Fsp3) is 0.714. The zero-order chi connectivity index (χ0) is 20.0. The van der Waals surface area contributed by atoms with Crippen LogP contribution in [0.25, 0.3) is 0 Å². The van der Waals surface area contributed by atoms with Crippen LogP contribution in [0.1, 0.15) is 105 Å². The van der Waals surface area contributed by atoms with E-state index >= 15 is 0 Å². The Morgan fingerprint density at radius 3 is 1.16 bits per heavy atom. The maximum Gasteiger partial charge on any atom is 2.00 e. The summed E-state index contributed by atoms with van der Waals surface area (Å²) in [5.41, 5.74) is 4.00. The second kappa shape index (κ2) is 14.6. The molecule has 31 heavy (non-hydrogen) atoms. The molecule has 4 rings (SSSR count). The van der Waals surface area contributed by atoms with Gasteiger partial charge in [-0.15, -0.1) is 37.7 Å². The summed E-state index contributed by atoms with van der Waals surface area (Å²) in [5.74, 6) is 1.54. The molecular weight excluding hydrogens is 498 g/mol. The first-order valence-corrected chi connectivity index (χ1v) is 12.1. The molecule has 2 fully saturated rings. The summed E-state index contributed by atoms with van der Waals surface area (Å²) in [6, 6.07) is 0. The molecule has 0 aliphatic heterocycles. The van der Waals surface area contributed by atoms with E-state index < -0.39 is 0 Å². The van der Waals surface area contributed by atoms with Crippen molar-refractivity contribution in [3.63, 3.8) is 0 Å². The first-order valence-electron chi connectivity index (χ1n) is 12.1. The number of allylic oxidation sites excluding steroid dienone is 8. The zero-order valence-corrected chi connectivity index (χ0v) is 24.4. The molecule has 0 unspecified atom stereocenters. The third kappa shape index (κ3) is 7.20. The largest absolute Gasteiger partial charge is 2.00 e. The van der Waals surface area contributed by atoms with Crippen LogP contribution in [0.5, 0.6) is 0 Å². The molecule has 0 spiro atoms. The Bertz CT molecular complexity index is 571. The average Bonchev–Trinajstić information content (AvgIpc) is 3.44. The van der Waals surface area contributed by atoms with Crippen molar-refractivity contribution in [2.24, 2.45) is 22.7 Å². The summed E-state index contributed by atoms with van der Waals surface area (Å²) < 4.78 is 0. The smallest absolute Gasteiger partial charge is 0.269 e. The molecule has 0 heterocycles. The summed E-state index contributed by atoms with van der Waals surface area (Å²) in [5, 5.41) is 0. The molecule has 0 aromatic rings. The van der Waals surface area contributed by atoms with Gasteiger partial charge >= 0.3 is 26.2 Å². The van der Waals surface area contributed by atoms with Crippen LogP contribution in [0, 0.1) is 34.8 Å². The third-order valence-electron chi connectivity index (χ3n) is 8.16. The van der Waals surface area contributed by atoms with Gasteiger partial charge in [-0.3, -0.25) is 12.2 Å². The average molecular weight is 543 g/mol. The first-order chi connectivity index (χ1) is 13.5. The van der Waals surface area contributed by atoms with Gasteiger partial charge in [0.2, 0.25) is 0 Å². The van der Waals surface area contributed by atoms with E-state index in [2.05, 4.69) is 64.2 Å². The van der Waals surface area contributed by atoms with E-state index in [-0.39, 0.29) is 51.0 Å². The minimum Gasteiger partial charge on any atom is -0.269 e. The summed E-state index contributed by atoms with van der Waals surface area (Å²) in [6.07, 6.45) is 32.4. The van der Waals surface area contributed by atoms with Crippen LogP contribution in [0.3, 0.4) is 0 Å². The quantitative estimate of drug-likeness (QED) is 0.310. The van der Waals surface area contributed by atoms with Gasteiger partial charge in [-0.25, -0.2) is 23.3 Å². The molecule has 3 heteroatoms. The monoisotopic (exact) mass is 540 g/mol. The van der Waals surface area contributed by atoms with E-state index in [1.165, 1.54) is 75.4 Å². The van der Waals surface area contributed by atoms with Crippen molar-refractivity contribution in [1.82, 2.24) is 0 Å². The SMILES string of the molecule is CC(C)C1(C2=[C-]CC=C2)CCCCC1.CC(C)C1(C2=[C-]CC=C2)CCCCC1.Cl.Cl.[Zr+2]. The van der Waals surface area contributed by atoms with E-state index in [9.17, 15) is 0 Å². The van der Waals surface area contributed by atoms with Crippen LogP contribution in [0.4, 0.5) is 0 Å². The van der Waals surface area contributed by atoms with Crippen molar-refractivity contribution in [1.29, 1.82) is 0 Å². The molecule has 174 valence electrons. The van der Waals surface area contributed by atoms with E-state index in [0.29, 0.717) is 10.8 Å². The molecule has 0 N–H and O–H groups in total. The standard InChI is InChI=1S/2C14H21.2ClH.Zr/c2*1-12(2)14(10-6-3-7-11-14)13-8-4-5-9-13;;;/h2*4,8,12H,3,5-7,10-11H2,1-2H3;2*1H;/q2*-1;;;+2. The van der Waals surface area contributed by atoms with Gasteiger partial charge in [0.25, 0.3) is 0 Å². The van der Waals surface area contributed by atoms with Crippen molar-refractivity contribution in [2.75, 3.05) is 0 Å². The van der Waals surface area contributed by atoms with Gasteiger partial charge in [-0.1, -0.05) is 66.2 Å². The van der Waals surface area contributed by atoms with E-state index in [1.54, 1.807) is 0 Å². The van der Waals surface area contributed by atoms with E-state index in [0.717, 1.165) is 24.7 Å². The van der Waals surface area contributed by atoms with Gasteiger partial charge in [-0.05, 0) is 48.3 Å². The van der Waals surface area contributed by atoms with Crippen molar-refractivity contribution in [3.05, 3.63) is 47.6 Å². The van der Waals surface area contributed by atoms with Crippen LogP contribution in [0.2, 0.25) is 0 Å². The molecule has 0 aromatic heterocycles. The Morgan fingerprint density at radius 1 is 0.613 bits per heavy atom. The van der Waals surface area contributed by atoms with Gasteiger partial charge in [0.15, 0.2) is 0 Å². The molecule has 0 radical (unpaired) electrons. The second-order valence-corrected chi connectivity index (χ2v) is 10.1. The van der Waals surface area contributed by atoms with E-state index in [1.807, 2.05) is 0 Å². The summed E-state index contributed by atoms with van der Waals surface area (Å²) >= 11 is 0. The summed E-state index contributed by atoms with van der Waals surface area (Å²) in [7, 11) is 0. The van der Waals surface area contributed by atoms with Crippen LogP contribution in [-0.2, 0) is 26.2 Å². The predicted molar refractivity (Wildman–Crippen MR) is 136 cm³/mol. The molecular formula is C28H44Cl2Zr. The Balaban J connectivity index is 0.000000529. The Kier molecular flexibility index (Phi) is 14.8. The van der Waals surface area contributed by atoms with Crippen LogP contribution < -0.4 is 0 Å². The Labute approximate surface area is 224 Å². The molecule has 2 saturated carbocycles. The fourth-order valence-electron chi connectivity index (χ4n) is 6.17. The number of rotatable bonds is 4. The minimum absolute atomic E-state index is 0. The molecule has 4 aliphatic rings. The molecule has 0 bridgehead atoms. The molecule has 0 aromatic carbocycles. The van der Waals surface area contributed by atoms with Crippen molar-refractivity contribution in [3.8, 4) is 0 Å². The predicted octanol–water partition coefficient (Wildman–Crippen LogP) is 9.41. The molecule has 0 atom stereocenters. The molecule has 0 amide bonds. The van der Waals surface area contributed by atoms with Gasteiger partial charge in [-0.2, -0.15) is 12.2 Å². The Hall–Kier alpha value is 0.423. The summed E-state index contributed by atoms with van der Waals surface area (Å²) in [6.45, 7) is 9.52. The van der Waals surface area contributed by atoms with Crippen LogP contribution >= 0.6 is 24.8 Å². The maximum absolute atomic E-state index is 3.55. The van der Waals surface area contributed by atoms with Crippen molar-refractivity contribution >= 4 is 24.8 Å². The number of hydrogen-bond donors (Lipinski definition) is 0. The third-order valence-corrected chi connectivity index (χ3v) is 8.16. The van der Waals surface area contributed by atoms with E-state index in [4.69, 9.17) is 0 Å². The van der Waals surface area contributed by atoms with Gasteiger partial charge < -0.3 is 0 Å². The maximum atomic E-state index is 3.55. The number of halogens is 2. The molecule has 0 nitrogen and oxygen atoms in total. The minimum atomic E-state index is 0. The molecule has 0 saturated heterocycles. The van der Waals surface area contributed by atoms with Crippen molar-refractivity contribution < 1.29 is 26.2 Å².